The van der Waals surface area contributed by atoms with Crippen LogP contribution in [0.1, 0.15) is 105 Å². The van der Waals surface area contributed by atoms with Crippen molar-refractivity contribution in [2.45, 2.75) is 136 Å². The highest BCUT2D eigenvalue weighted by Crippen LogP contribution is 2.45. The van der Waals surface area contributed by atoms with E-state index in [4.69, 9.17) is 25.2 Å². The number of nitrogens with one attached hydrogen (secondary N) is 1. The molecule has 4 rings (SSSR count). The fraction of sp³-hybridized carbons (Fsp3) is 0.632. The number of epoxide rings is 1. The molecule has 270 valence electrons. The van der Waals surface area contributed by atoms with Crippen molar-refractivity contribution < 1.29 is 28.9 Å². The molecule has 1 aromatic carbocycles. The highest BCUT2D eigenvalue weighted by Gasteiger charge is 2.53. The van der Waals surface area contributed by atoms with Gasteiger partial charge in [-0.1, -0.05) is 64.0 Å². The summed E-state index contributed by atoms with van der Waals surface area (Å²) < 4.78 is 17.8. The van der Waals surface area contributed by atoms with Crippen molar-refractivity contribution in [1.29, 1.82) is 0 Å². The number of anilines is 1. The van der Waals surface area contributed by atoms with Crippen molar-refractivity contribution in [2.24, 2.45) is 5.84 Å². The molecule has 5 atom stereocenters. The maximum atomic E-state index is 12.2. The molecule has 10 nitrogen and oxygen atoms in total. The molecular formula is C38H62N4O6. The SMILES string of the molecule is CC.CC(C(=O)O)N(C)N.CC/C=C1/CCC2(C)OC2CC2CC(C/C=C/C=C(\C)Cc3cc(OC)c(CCC)c(c3)N1C)NC(=O)O2. The molecule has 3 aliphatic heterocycles. The number of nitrogens with two attached hydrogens (primary N) is 1. The van der Waals surface area contributed by atoms with Crippen LogP contribution in [0.25, 0.3) is 0 Å². The number of fused-ring (bicyclic) bond motifs is 5. The number of nitrogens with zero attached hydrogens (tertiary/aromatic N) is 2. The van der Waals surface area contributed by atoms with Gasteiger partial charge in [-0.25, -0.2) is 9.80 Å². The van der Waals surface area contributed by atoms with Crippen molar-refractivity contribution in [2.75, 3.05) is 26.1 Å². The van der Waals surface area contributed by atoms with Gasteiger partial charge in [0.1, 0.15) is 17.9 Å². The summed E-state index contributed by atoms with van der Waals surface area (Å²) in [5.41, 5.74) is 6.14. The highest BCUT2D eigenvalue weighted by atomic mass is 16.6. The van der Waals surface area contributed by atoms with Crippen molar-refractivity contribution in [1.82, 2.24) is 10.3 Å². The molecule has 0 aromatic heterocycles. The molecule has 5 unspecified atom stereocenters. The minimum absolute atomic E-state index is 0.0870. The Morgan fingerprint density at radius 2 is 2.00 bits per heavy atom. The van der Waals surface area contributed by atoms with Gasteiger partial charge in [-0.15, -0.1) is 0 Å². The number of allylic oxidation sites excluding steroid dienone is 5. The number of amides is 1. The lowest BCUT2D eigenvalue weighted by Gasteiger charge is -2.29. The number of carbonyl (C=O) groups is 2. The summed E-state index contributed by atoms with van der Waals surface area (Å²) in [6, 6.07) is 4.04. The fourth-order valence-electron chi connectivity index (χ4n) is 6.10. The van der Waals surface area contributed by atoms with Crippen LogP contribution < -0.4 is 20.8 Å². The molecule has 3 aliphatic rings. The molecule has 2 saturated heterocycles. The topological polar surface area (TPSA) is 130 Å². The van der Waals surface area contributed by atoms with Crippen LogP contribution in [-0.2, 0) is 27.1 Å². The van der Waals surface area contributed by atoms with Crippen LogP contribution in [0.2, 0.25) is 0 Å². The Morgan fingerprint density at radius 1 is 1.29 bits per heavy atom. The molecule has 0 spiro atoms. The Hall–Kier alpha value is -3.34. The predicted molar refractivity (Wildman–Crippen MR) is 194 cm³/mol. The summed E-state index contributed by atoms with van der Waals surface area (Å²) in [6.45, 7) is 14.3. The summed E-state index contributed by atoms with van der Waals surface area (Å²) in [6.07, 6.45) is 16.5. The third kappa shape index (κ3) is 12.0. The van der Waals surface area contributed by atoms with Crippen LogP contribution in [0.4, 0.5) is 10.5 Å². The average molecular weight is 671 g/mol. The number of methoxy groups -OCH3 is 1. The number of carboxylic acids is 1. The zero-order chi connectivity index (χ0) is 36.0. The van der Waals surface area contributed by atoms with Gasteiger partial charge in [0.05, 0.1) is 18.8 Å². The van der Waals surface area contributed by atoms with Crippen LogP contribution in [0.3, 0.4) is 0 Å². The second-order valence-corrected chi connectivity index (χ2v) is 13.0. The van der Waals surface area contributed by atoms with Crippen LogP contribution in [0, 0.1) is 0 Å². The summed E-state index contributed by atoms with van der Waals surface area (Å²) in [5.74, 6) is 5.15. The van der Waals surface area contributed by atoms with E-state index >= 15 is 0 Å². The van der Waals surface area contributed by atoms with Gasteiger partial charge in [0.2, 0.25) is 0 Å². The molecule has 0 aliphatic carbocycles. The Kier molecular flexibility index (Phi) is 16.7. The number of likely N-dealkylation sites (N-methyl/N-ethyl adjacent to an activating group) is 1. The number of hydrazine groups is 1. The summed E-state index contributed by atoms with van der Waals surface area (Å²) in [4.78, 5) is 24.6. The molecule has 1 amide bonds. The van der Waals surface area contributed by atoms with E-state index in [2.05, 4.69) is 81.4 Å². The van der Waals surface area contributed by atoms with Gasteiger partial charge < -0.3 is 29.5 Å². The van der Waals surface area contributed by atoms with Crippen LogP contribution >= 0.6 is 0 Å². The third-order valence-corrected chi connectivity index (χ3v) is 9.12. The van der Waals surface area contributed by atoms with Crippen LogP contribution in [0.5, 0.6) is 5.75 Å². The Morgan fingerprint density at radius 3 is 2.58 bits per heavy atom. The number of carboxylic acid groups (broad SMARTS) is 1. The van der Waals surface area contributed by atoms with E-state index in [1.54, 1.807) is 7.11 Å². The molecule has 48 heavy (non-hydrogen) atoms. The number of aliphatic carboxylic acids is 1. The minimum atomic E-state index is -0.907. The maximum absolute atomic E-state index is 12.2. The third-order valence-electron chi connectivity index (χ3n) is 9.12. The number of carbonyl (C=O) groups excluding carboxylic acids is 1. The van der Waals surface area contributed by atoms with Crippen LogP contribution in [-0.4, -0.2) is 73.3 Å². The van der Waals surface area contributed by atoms with Gasteiger partial charge in [0.25, 0.3) is 0 Å². The second-order valence-electron chi connectivity index (χ2n) is 13.0. The Labute approximate surface area is 289 Å². The number of hydrogen-bond acceptors (Lipinski definition) is 8. The first kappa shape index (κ1) is 40.8. The number of benzene rings is 1. The smallest absolute Gasteiger partial charge is 0.407 e. The summed E-state index contributed by atoms with van der Waals surface area (Å²) in [7, 11) is 5.48. The highest BCUT2D eigenvalue weighted by molar-refractivity contribution is 5.72. The largest absolute Gasteiger partial charge is 0.496 e. The predicted octanol–water partition coefficient (Wildman–Crippen LogP) is 7.31. The standard InChI is InChI=1S/C32H46N2O4.C4H10N2O2.C2H6/c1-7-11-25-15-16-32(4)30(38-32)21-26-20-24(33-31(35)37-26)14-10-9-13-22(3)17-23-18-28(34(25)5)27(12-8-2)29(19-23)36-6;1-3(4(7)8)6(2)5;1-2/h9-11,13,18-19,24,26,30H,7-8,12,14-17,20-21H2,1-6H3,(H,33,35);3H,5H2,1-2H3,(H,7,8);1-2H3/b10-9+,22-13+,25-11-;;. The van der Waals surface area contributed by atoms with Gasteiger partial charge in [-0.3, -0.25) is 10.6 Å². The molecule has 3 heterocycles. The molecule has 0 radical (unpaired) electrons. The lowest BCUT2D eigenvalue weighted by molar-refractivity contribution is -0.142. The van der Waals surface area contributed by atoms with E-state index < -0.39 is 12.0 Å². The minimum Gasteiger partial charge on any atom is -0.496 e. The summed E-state index contributed by atoms with van der Waals surface area (Å²) in [5, 5.41) is 12.4. The van der Waals surface area contributed by atoms with Gasteiger partial charge in [0.15, 0.2) is 0 Å². The van der Waals surface area contributed by atoms with Gasteiger partial charge in [0, 0.05) is 49.9 Å². The van der Waals surface area contributed by atoms with Gasteiger partial charge >= 0.3 is 12.1 Å². The lowest BCUT2D eigenvalue weighted by Crippen LogP contribution is -2.45. The lowest BCUT2D eigenvalue weighted by atomic mass is 9.93. The number of ether oxygens (including phenoxy) is 3. The van der Waals surface area contributed by atoms with Crippen molar-refractivity contribution in [3.8, 4) is 5.75 Å². The van der Waals surface area contributed by atoms with Crippen molar-refractivity contribution in [3.63, 3.8) is 0 Å². The first-order valence-corrected chi connectivity index (χ1v) is 17.6. The van der Waals surface area contributed by atoms with Gasteiger partial charge in [-0.2, -0.15) is 0 Å². The van der Waals surface area contributed by atoms with Crippen molar-refractivity contribution >= 4 is 17.7 Å². The maximum Gasteiger partial charge on any atom is 0.407 e. The number of hydrogen-bond donors (Lipinski definition) is 3. The van der Waals surface area contributed by atoms with Crippen molar-refractivity contribution in [3.05, 3.63) is 58.8 Å². The molecule has 2 fully saturated rings. The Bertz CT molecular complexity index is 1290. The molecule has 10 heteroatoms. The first-order chi connectivity index (χ1) is 22.8. The molecule has 0 saturated carbocycles. The number of alkyl carbamates (subject to hydrolysis) is 1. The molecule has 1 aromatic rings. The first-order valence-electron chi connectivity index (χ1n) is 17.6. The molecular weight excluding hydrogens is 608 g/mol. The van der Waals surface area contributed by atoms with E-state index in [1.165, 1.54) is 42.1 Å². The monoisotopic (exact) mass is 670 g/mol. The summed E-state index contributed by atoms with van der Waals surface area (Å²) >= 11 is 0. The second kappa shape index (κ2) is 19.6. The zero-order valence-electron chi connectivity index (χ0n) is 31.1. The van der Waals surface area contributed by atoms with E-state index in [-0.39, 0.29) is 29.9 Å². The normalized spacial score (nSPS) is 27.4. The number of rotatable bonds is 6. The van der Waals surface area contributed by atoms with Crippen LogP contribution in [0.15, 0.2) is 47.7 Å². The molecule has 4 N–H and O–H groups in total. The van der Waals surface area contributed by atoms with E-state index in [0.29, 0.717) is 0 Å². The van der Waals surface area contributed by atoms with E-state index in [1.807, 2.05) is 13.8 Å². The van der Waals surface area contributed by atoms with E-state index in [9.17, 15) is 9.59 Å². The average Bonchev–Trinajstić information content (AvgIpc) is 3.69. The fourth-order valence-corrected chi connectivity index (χ4v) is 6.10. The zero-order valence-corrected chi connectivity index (χ0v) is 31.1. The van der Waals surface area contributed by atoms with E-state index in [0.717, 1.165) is 68.5 Å². The van der Waals surface area contributed by atoms with Gasteiger partial charge in [-0.05, 0) is 77.0 Å². The molecule has 4 bridgehead atoms. The Balaban J connectivity index is 0.000000702. The quantitative estimate of drug-likeness (QED) is 0.162.